The minimum atomic E-state index is 0.477. The number of pyridine rings is 1. The predicted molar refractivity (Wildman–Crippen MR) is 79.2 cm³/mol. The fourth-order valence-electron chi connectivity index (χ4n) is 1.81. The molecule has 0 fully saturated rings. The third-order valence-electron chi connectivity index (χ3n) is 2.84. The van der Waals surface area contributed by atoms with Gasteiger partial charge in [0.15, 0.2) is 11.5 Å². The van der Waals surface area contributed by atoms with Crippen molar-refractivity contribution < 1.29 is 9.47 Å². The maximum atomic E-state index is 5.86. The molecule has 1 aromatic heterocycles. The molecule has 0 saturated heterocycles. The zero-order valence-corrected chi connectivity index (χ0v) is 11.9. The van der Waals surface area contributed by atoms with Gasteiger partial charge >= 0.3 is 0 Å². The zero-order chi connectivity index (χ0) is 14.4. The maximum Gasteiger partial charge on any atom is 0.222 e. The van der Waals surface area contributed by atoms with Crippen molar-refractivity contribution in [2.24, 2.45) is 5.73 Å². The lowest BCUT2D eigenvalue weighted by Gasteiger charge is -2.13. The highest BCUT2D eigenvalue weighted by Gasteiger charge is 2.08. The molecule has 0 aliphatic heterocycles. The number of rotatable bonds is 6. The monoisotopic (exact) mass is 272 g/mol. The normalized spacial score (nSPS) is 10.3. The Morgan fingerprint density at radius 1 is 1.20 bits per heavy atom. The van der Waals surface area contributed by atoms with Crippen LogP contribution in [-0.2, 0) is 6.54 Å². The fraction of sp³-hybridized carbons (Fsp3) is 0.312. The molecule has 1 heterocycles. The Hall–Kier alpha value is -2.07. The number of hydrogen-bond acceptors (Lipinski definition) is 4. The zero-order valence-electron chi connectivity index (χ0n) is 11.9. The molecule has 0 aliphatic carbocycles. The van der Waals surface area contributed by atoms with Crippen LogP contribution >= 0.6 is 0 Å². The van der Waals surface area contributed by atoms with E-state index in [0.29, 0.717) is 24.8 Å². The average molecular weight is 272 g/mol. The number of aromatic nitrogens is 1. The molecule has 0 spiro atoms. The van der Waals surface area contributed by atoms with Gasteiger partial charge in [-0.25, -0.2) is 4.98 Å². The summed E-state index contributed by atoms with van der Waals surface area (Å²) in [5, 5.41) is 0. The van der Waals surface area contributed by atoms with Gasteiger partial charge in [0, 0.05) is 18.3 Å². The van der Waals surface area contributed by atoms with Gasteiger partial charge in [0.1, 0.15) is 0 Å². The first-order valence-corrected chi connectivity index (χ1v) is 6.80. The van der Waals surface area contributed by atoms with E-state index in [9.17, 15) is 0 Å². The quantitative estimate of drug-likeness (QED) is 0.875. The molecule has 0 unspecified atom stereocenters. The average Bonchev–Trinajstić information content (AvgIpc) is 2.48. The number of aryl methyl sites for hydroxylation is 1. The largest absolute Gasteiger partial charge is 0.490 e. The molecule has 0 radical (unpaired) electrons. The van der Waals surface area contributed by atoms with Crippen molar-refractivity contribution in [2.75, 3.05) is 6.61 Å². The highest BCUT2D eigenvalue weighted by molar-refractivity contribution is 5.43. The Labute approximate surface area is 119 Å². The van der Waals surface area contributed by atoms with Crippen LogP contribution in [-0.4, -0.2) is 11.6 Å². The van der Waals surface area contributed by atoms with Crippen molar-refractivity contribution in [2.45, 2.75) is 26.8 Å². The Kier molecular flexibility index (Phi) is 4.96. The van der Waals surface area contributed by atoms with Crippen LogP contribution in [0.4, 0.5) is 0 Å². The Morgan fingerprint density at radius 3 is 2.60 bits per heavy atom. The lowest BCUT2D eigenvalue weighted by Crippen LogP contribution is -2.01. The van der Waals surface area contributed by atoms with Crippen LogP contribution in [0.1, 0.15) is 24.5 Å². The minimum absolute atomic E-state index is 0.477. The second-order valence-electron chi connectivity index (χ2n) is 4.57. The number of hydrogen-bond donors (Lipinski definition) is 1. The summed E-state index contributed by atoms with van der Waals surface area (Å²) in [4.78, 5) is 4.31. The van der Waals surface area contributed by atoms with Crippen LogP contribution in [0.2, 0.25) is 0 Å². The van der Waals surface area contributed by atoms with Gasteiger partial charge in [-0.05, 0) is 37.1 Å². The molecule has 0 atom stereocenters. The van der Waals surface area contributed by atoms with Gasteiger partial charge in [-0.15, -0.1) is 0 Å². The van der Waals surface area contributed by atoms with Crippen LogP contribution in [0.15, 0.2) is 36.5 Å². The van der Waals surface area contributed by atoms with Crippen LogP contribution in [0.25, 0.3) is 0 Å². The Balaban J connectivity index is 2.21. The first kappa shape index (κ1) is 14.3. The van der Waals surface area contributed by atoms with E-state index >= 15 is 0 Å². The van der Waals surface area contributed by atoms with Gasteiger partial charge in [-0.3, -0.25) is 0 Å². The van der Waals surface area contributed by atoms with Crippen LogP contribution in [0.5, 0.6) is 17.4 Å². The van der Waals surface area contributed by atoms with E-state index in [-0.39, 0.29) is 0 Å². The summed E-state index contributed by atoms with van der Waals surface area (Å²) in [7, 11) is 0. The molecule has 2 rings (SSSR count). The van der Waals surface area contributed by atoms with Gasteiger partial charge in [0.25, 0.3) is 0 Å². The molecule has 1 aromatic carbocycles. The van der Waals surface area contributed by atoms with Gasteiger partial charge in [-0.2, -0.15) is 0 Å². The first-order chi connectivity index (χ1) is 9.74. The van der Waals surface area contributed by atoms with E-state index in [0.717, 1.165) is 23.3 Å². The van der Waals surface area contributed by atoms with E-state index in [2.05, 4.69) is 11.9 Å². The second kappa shape index (κ2) is 6.91. The molecule has 20 heavy (non-hydrogen) atoms. The van der Waals surface area contributed by atoms with Crippen LogP contribution in [0.3, 0.4) is 0 Å². The molecule has 106 valence electrons. The predicted octanol–water partition coefficient (Wildman–Crippen LogP) is 3.43. The SMILES string of the molecule is CCCOc1ccccc1Oc1ncc(CN)cc1C. The fourth-order valence-corrected chi connectivity index (χ4v) is 1.81. The van der Waals surface area contributed by atoms with Gasteiger partial charge < -0.3 is 15.2 Å². The molecular formula is C16H20N2O2. The summed E-state index contributed by atoms with van der Waals surface area (Å²) in [5.41, 5.74) is 7.55. The van der Waals surface area contributed by atoms with Crippen molar-refractivity contribution in [3.8, 4) is 17.4 Å². The number of benzene rings is 1. The summed E-state index contributed by atoms with van der Waals surface area (Å²) < 4.78 is 11.5. The standard InChI is InChI=1S/C16H20N2O2/c1-3-8-19-14-6-4-5-7-15(14)20-16-12(2)9-13(10-17)11-18-16/h4-7,9,11H,3,8,10,17H2,1-2H3. The summed E-state index contributed by atoms with van der Waals surface area (Å²) in [6.07, 6.45) is 2.69. The van der Waals surface area contributed by atoms with Crippen LogP contribution < -0.4 is 15.2 Å². The number of ether oxygens (including phenoxy) is 2. The summed E-state index contributed by atoms with van der Waals surface area (Å²) in [5.74, 6) is 1.99. The lowest BCUT2D eigenvalue weighted by molar-refractivity contribution is 0.300. The molecule has 2 N–H and O–H groups in total. The lowest BCUT2D eigenvalue weighted by atomic mass is 10.2. The molecule has 0 bridgehead atoms. The number of nitrogens with zero attached hydrogens (tertiary/aromatic N) is 1. The van der Waals surface area contributed by atoms with Crippen molar-refractivity contribution in [3.05, 3.63) is 47.7 Å². The van der Waals surface area contributed by atoms with Crippen molar-refractivity contribution in [1.82, 2.24) is 4.98 Å². The topological polar surface area (TPSA) is 57.4 Å². The van der Waals surface area contributed by atoms with E-state index in [1.807, 2.05) is 37.3 Å². The molecule has 0 aliphatic rings. The van der Waals surface area contributed by atoms with Crippen LogP contribution in [0, 0.1) is 6.92 Å². The highest BCUT2D eigenvalue weighted by atomic mass is 16.5. The molecule has 4 nitrogen and oxygen atoms in total. The van der Waals surface area contributed by atoms with E-state index in [1.54, 1.807) is 6.20 Å². The van der Waals surface area contributed by atoms with Gasteiger partial charge in [0.05, 0.1) is 6.61 Å². The highest BCUT2D eigenvalue weighted by Crippen LogP contribution is 2.31. The Morgan fingerprint density at radius 2 is 1.95 bits per heavy atom. The summed E-state index contributed by atoms with van der Waals surface area (Å²) in [6, 6.07) is 9.60. The number of nitrogens with two attached hydrogens (primary N) is 1. The molecule has 4 heteroatoms. The van der Waals surface area contributed by atoms with Crippen molar-refractivity contribution in [1.29, 1.82) is 0 Å². The number of para-hydroxylation sites is 2. The molecular weight excluding hydrogens is 252 g/mol. The smallest absolute Gasteiger partial charge is 0.222 e. The van der Waals surface area contributed by atoms with E-state index in [4.69, 9.17) is 15.2 Å². The summed E-state index contributed by atoms with van der Waals surface area (Å²) in [6.45, 7) is 5.17. The van der Waals surface area contributed by atoms with Crippen molar-refractivity contribution in [3.63, 3.8) is 0 Å². The third kappa shape index (κ3) is 3.48. The van der Waals surface area contributed by atoms with Crippen molar-refractivity contribution >= 4 is 0 Å². The summed E-state index contributed by atoms with van der Waals surface area (Å²) >= 11 is 0. The van der Waals surface area contributed by atoms with E-state index in [1.165, 1.54) is 0 Å². The molecule has 0 saturated carbocycles. The second-order valence-corrected chi connectivity index (χ2v) is 4.57. The Bertz CT molecular complexity index is 570. The minimum Gasteiger partial charge on any atom is -0.490 e. The first-order valence-electron chi connectivity index (χ1n) is 6.80. The third-order valence-corrected chi connectivity index (χ3v) is 2.84. The maximum absolute atomic E-state index is 5.86. The van der Waals surface area contributed by atoms with Gasteiger partial charge in [0.2, 0.25) is 5.88 Å². The van der Waals surface area contributed by atoms with E-state index < -0.39 is 0 Å². The molecule has 2 aromatic rings. The molecule has 0 amide bonds. The van der Waals surface area contributed by atoms with Gasteiger partial charge in [-0.1, -0.05) is 19.1 Å².